The van der Waals surface area contributed by atoms with Crippen LogP contribution in [0.1, 0.15) is 31.2 Å². The van der Waals surface area contributed by atoms with Gasteiger partial charge in [-0.2, -0.15) is 5.10 Å². The number of hydrogen-bond acceptors (Lipinski definition) is 4. The van der Waals surface area contributed by atoms with E-state index < -0.39 is 10.0 Å². The molecule has 1 N–H and O–H groups in total. The Hall–Kier alpha value is -0.920. The van der Waals surface area contributed by atoms with Crippen LogP contribution in [-0.4, -0.2) is 48.8 Å². The van der Waals surface area contributed by atoms with E-state index in [1.54, 1.807) is 25.6 Å². The van der Waals surface area contributed by atoms with Crippen molar-refractivity contribution in [1.82, 2.24) is 19.4 Å². The van der Waals surface area contributed by atoms with Gasteiger partial charge in [0, 0.05) is 25.7 Å². The Morgan fingerprint density at radius 2 is 2.05 bits per heavy atom. The summed E-state index contributed by atoms with van der Waals surface area (Å²) in [5.74, 6) is 0. The number of nitrogens with one attached hydrogen (secondary N) is 1. The molecule has 2 rings (SSSR count). The highest BCUT2D eigenvalue weighted by Gasteiger charge is 2.30. The summed E-state index contributed by atoms with van der Waals surface area (Å²) in [6.07, 6.45) is 2.43. The van der Waals surface area contributed by atoms with Gasteiger partial charge in [0.2, 0.25) is 10.0 Å². The molecule has 0 radical (unpaired) electrons. The van der Waals surface area contributed by atoms with E-state index in [9.17, 15) is 8.42 Å². The summed E-state index contributed by atoms with van der Waals surface area (Å²) in [7, 11) is 0.313. The van der Waals surface area contributed by atoms with Gasteiger partial charge >= 0.3 is 0 Å². The van der Waals surface area contributed by atoms with E-state index in [1.165, 1.54) is 12.8 Å². The zero-order valence-corrected chi connectivity index (χ0v) is 13.7. The summed E-state index contributed by atoms with van der Waals surface area (Å²) >= 11 is 0. The molecule has 1 aromatic heterocycles. The van der Waals surface area contributed by atoms with Gasteiger partial charge < -0.3 is 0 Å². The Kier molecular flexibility index (Phi) is 4.22. The fraction of sp³-hybridized carbons (Fsp3) is 0.769. The zero-order chi connectivity index (χ0) is 15.1. The molecule has 1 fully saturated rings. The van der Waals surface area contributed by atoms with Gasteiger partial charge in [-0.25, -0.2) is 13.1 Å². The Bertz CT molecular complexity index is 590. The number of aryl methyl sites for hydroxylation is 2. The minimum Gasteiger partial charge on any atom is -0.299 e. The van der Waals surface area contributed by atoms with E-state index >= 15 is 0 Å². The smallest absolute Gasteiger partial charge is 0.244 e. The van der Waals surface area contributed by atoms with Gasteiger partial charge in [-0.3, -0.25) is 9.58 Å². The Balaban J connectivity index is 2.07. The number of nitrogens with zero attached hydrogens (tertiary/aromatic N) is 3. The first-order chi connectivity index (χ1) is 9.24. The summed E-state index contributed by atoms with van der Waals surface area (Å²) in [6.45, 7) is 5.96. The second-order valence-electron chi connectivity index (χ2n) is 5.72. The maximum atomic E-state index is 12.4. The molecule has 1 aliphatic carbocycles. The topological polar surface area (TPSA) is 67.2 Å². The average Bonchev–Trinajstić information content (AvgIpc) is 3.15. The van der Waals surface area contributed by atoms with Gasteiger partial charge in [0.25, 0.3) is 0 Å². The third kappa shape index (κ3) is 3.05. The fourth-order valence-corrected chi connectivity index (χ4v) is 3.99. The summed E-state index contributed by atoms with van der Waals surface area (Å²) in [4.78, 5) is 2.55. The van der Waals surface area contributed by atoms with Crippen molar-refractivity contribution >= 4 is 10.0 Å². The number of likely N-dealkylation sites (N-methyl/N-ethyl adjacent to an activating group) is 1. The van der Waals surface area contributed by atoms with E-state index in [4.69, 9.17) is 0 Å². The van der Waals surface area contributed by atoms with Crippen LogP contribution in [0, 0.1) is 13.8 Å². The normalized spacial score (nSPS) is 17.7. The van der Waals surface area contributed by atoms with Crippen molar-refractivity contribution in [3.8, 4) is 0 Å². The van der Waals surface area contributed by atoms with Crippen molar-refractivity contribution in [2.75, 3.05) is 13.6 Å². The third-order valence-electron chi connectivity index (χ3n) is 4.10. The van der Waals surface area contributed by atoms with E-state index in [1.807, 2.05) is 6.92 Å². The molecule has 20 heavy (non-hydrogen) atoms. The van der Waals surface area contributed by atoms with Gasteiger partial charge in [-0.05, 0) is 40.7 Å². The first-order valence-electron chi connectivity index (χ1n) is 6.96. The highest BCUT2D eigenvalue weighted by atomic mass is 32.2. The van der Waals surface area contributed by atoms with Crippen LogP contribution >= 0.6 is 0 Å². The van der Waals surface area contributed by atoms with Crippen molar-refractivity contribution in [3.05, 3.63) is 11.4 Å². The standard InChI is InChI=1S/C13H24N4O2S/c1-9(16(4)12-6-7-12)8-14-20(18,19)13-10(2)15-17(5)11(13)3/h9,12,14H,6-8H2,1-5H3/t9-/m0/s1. The predicted molar refractivity (Wildman–Crippen MR) is 78.1 cm³/mol. The number of hydrogen-bond donors (Lipinski definition) is 1. The molecule has 0 aliphatic heterocycles. The van der Waals surface area contributed by atoms with Crippen LogP contribution in [-0.2, 0) is 17.1 Å². The van der Waals surface area contributed by atoms with E-state index in [-0.39, 0.29) is 6.04 Å². The van der Waals surface area contributed by atoms with Gasteiger partial charge in [0.05, 0.1) is 11.4 Å². The maximum absolute atomic E-state index is 12.4. The summed E-state index contributed by atoms with van der Waals surface area (Å²) in [5, 5.41) is 4.16. The van der Waals surface area contributed by atoms with Gasteiger partial charge in [0.1, 0.15) is 4.90 Å². The van der Waals surface area contributed by atoms with E-state index in [0.717, 1.165) is 0 Å². The molecule has 0 unspecified atom stereocenters. The number of rotatable bonds is 6. The summed E-state index contributed by atoms with van der Waals surface area (Å²) < 4.78 is 29.1. The first kappa shape index (κ1) is 15.5. The van der Waals surface area contributed by atoms with Gasteiger partial charge in [0.15, 0.2) is 0 Å². The molecule has 1 aromatic rings. The largest absolute Gasteiger partial charge is 0.299 e. The minimum atomic E-state index is -3.49. The summed E-state index contributed by atoms with van der Waals surface area (Å²) in [6, 6.07) is 0.811. The molecule has 0 aromatic carbocycles. The molecule has 1 atom stereocenters. The molecule has 7 heteroatoms. The first-order valence-corrected chi connectivity index (χ1v) is 8.44. The minimum absolute atomic E-state index is 0.189. The second kappa shape index (κ2) is 5.46. The lowest BCUT2D eigenvalue weighted by atomic mass is 10.3. The van der Waals surface area contributed by atoms with Crippen LogP contribution < -0.4 is 4.72 Å². The molecule has 0 amide bonds. The number of sulfonamides is 1. The lowest BCUT2D eigenvalue weighted by Crippen LogP contribution is -2.41. The van der Waals surface area contributed by atoms with Crippen molar-refractivity contribution in [2.24, 2.45) is 7.05 Å². The van der Waals surface area contributed by atoms with Gasteiger partial charge in [-0.15, -0.1) is 0 Å². The van der Waals surface area contributed by atoms with E-state index in [0.29, 0.717) is 28.9 Å². The molecule has 0 saturated heterocycles. The molecule has 0 spiro atoms. The Morgan fingerprint density at radius 1 is 1.45 bits per heavy atom. The molecular weight excluding hydrogens is 276 g/mol. The quantitative estimate of drug-likeness (QED) is 0.844. The second-order valence-corrected chi connectivity index (χ2v) is 7.42. The number of aromatic nitrogens is 2. The lowest BCUT2D eigenvalue weighted by molar-refractivity contribution is 0.248. The molecule has 1 heterocycles. The van der Waals surface area contributed by atoms with Crippen LogP contribution in [0.25, 0.3) is 0 Å². The highest BCUT2D eigenvalue weighted by Crippen LogP contribution is 2.27. The van der Waals surface area contributed by atoms with Crippen molar-refractivity contribution < 1.29 is 8.42 Å². The molecule has 1 aliphatic rings. The molecule has 1 saturated carbocycles. The predicted octanol–water partition coefficient (Wildman–Crippen LogP) is 0.798. The monoisotopic (exact) mass is 300 g/mol. The van der Waals surface area contributed by atoms with Crippen LogP contribution in [0.5, 0.6) is 0 Å². The van der Waals surface area contributed by atoms with Crippen molar-refractivity contribution in [3.63, 3.8) is 0 Å². The Morgan fingerprint density at radius 3 is 2.50 bits per heavy atom. The van der Waals surface area contributed by atoms with Crippen molar-refractivity contribution in [1.29, 1.82) is 0 Å². The van der Waals surface area contributed by atoms with Crippen LogP contribution in [0.2, 0.25) is 0 Å². The molecule has 114 valence electrons. The van der Waals surface area contributed by atoms with E-state index in [2.05, 4.69) is 21.8 Å². The molecule has 0 bridgehead atoms. The van der Waals surface area contributed by atoms with Gasteiger partial charge in [-0.1, -0.05) is 0 Å². The fourth-order valence-electron chi connectivity index (χ4n) is 2.43. The molecular formula is C13H24N4O2S. The maximum Gasteiger partial charge on any atom is 0.244 e. The van der Waals surface area contributed by atoms with Crippen molar-refractivity contribution in [2.45, 2.75) is 50.6 Å². The lowest BCUT2D eigenvalue weighted by Gasteiger charge is -2.24. The highest BCUT2D eigenvalue weighted by molar-refractivity contribution is 7.89. The van der Waals surface area contributed by atoms with Crippen LogP contribution in [0.4, 0.5) is 0 Å². The third-order valence-corrected chi connectivity index (χ3v) is 5.77. The van der Waals surface area contributed by atoms with Crippen LogP contribution in [0.15, 0.2) is 4.90 Å². The average molecular weight is 300 g/mol. The SMILES string of the molecule is Cc1nn(C)c(C)c1S(=O)(=O)NC[C@H](C)N(C)C1CC1. The Labute approximate surface area is 121 Å². The zero-order valence-electron chi connectivity index (χ0n) is 12.8. The van der Waals surface area contributed by atoms with Crippen LogP contribution in [0.3, 0.4) is 0 Å². The summed E-state index contributed by atoms with van der Waals surface area (Å²) in [5.41, 5.74) is 1.21. The molecule has 6 nitrogen and oxygen atoms in total.